The molecular weight excluding hydrogens is 299 g/mol. The molecular formula is C14H12BrFO2. The molecule has 0 saturated heterocycles. The fraction of sp³-hybridized carbons (Fsp3) is 0.143. The lowest BCUT2D eigenvalue weighted by Gasteiger charge is -2.09. The largest absolute Gasteiger partial charge is 0.497 e. The Hall–Kier alpha value is -1.55. The van der Waals surface area contributed by atoms with Gasteiger partial charge in [-0.2, -0.15) is 0 Å². The van der Waals surface area contributed by atoms with Crippen molar-refractivity contribution in [2.24, 2.45) is 0 Å². The van der Waals surface area contributed by atoms with Gasteiger partial charge in [0.25, 0.3) is 0 Å². The van der Waals surface area contributed by atoms with Gasteiger partial charge in [-0.3, -0.25) is 0 Å². The maximum absolute atomic E-state index is 13.1. The Morgan fingerprint density at radius 1 is 1.11 bits per heavy atom. The maximum atomic E-state index is 13.1. The zero-order valence-electron chi connectivity index (χ0n) is 9.82. The minimum absolute atomic E-state index is 0.276. The summed E-state index contributed by atoms with van der Waals surface area (Å²) >= 11 is 3.36. The second kappa shape index (κ2) is 5.87. The van der Waals surface area contributed by atoms with Gasteiger partial charge < -0.3 is 9.47 Å². The van der Waals surface area contributed by atoms with Crippen LogP contribution in [-0.2, 0) is 6.61 Å². The van der Waals surface area contributed by atoms with E-state index in [2.05, 4.69) is 15.9 Å². The first-order chi connectivity index (χ1) is 8.69. The first-order valence-corrected chi connectivity index (χ1v) is 6.19. The van der Waals surface area contributed by atoms with Crippen LogP contribution in [0.3, 0.4) is 0 Å². The van der Waals surface area contributed by atoms with Crippen molar-refractivity contribution < 1.29 is 13.9 Å². The van der Waals surface area contributed by atoms with E-state index >= 15 is 0 Å². The average molecular weight is 311 g/mol. The van der Waals surface area contributed by atoms with Gasteiger partial charge in [0.15, 0.2) is 0 Å². The number of hydrogen-bond acceptors (Lipinski definition) is 2. The topological polar surface area (TPSA) is 18.5 Å². The second-order valence-corrected chi connectivity index (χ2v) is 4.56. The van der Waals surface area contributed by atoms with Crippen LogP contribution in [-0.4, -0.2) is 7.11 Å². The van der Waals surface area contributed by atoms with Gasteiger partial charge in [0.05, 0.1) is 7.11 Å². The molecule has 0 bridgehead atoms. The summed E-state index contributed by atoms with van der Waals surface area (Å²) in [6.45, 7) is 0.297. The number of ether oxygens (including phenoxy) is 2. The zero-order chi connectivity index (χ0) is 13.0. The second-order valence-electron chi connectivity index (χ2n) is 3.70. The molecule has 0 fully saturated rings. The molecule has 0 amide bonds. The van der Waals surface area contributed by atoms with Gasteiger partial charge in [0, 0.05) is 16.1 Å². The van der Waals surface area contributed by atoms with Crippen LogP contribution in [0.4, 0.5) is 4.39 Å². The first-order valence-electron chi connectivity index (χ1n) is 5.40. The molecule has 2 aromatic carbocycles. The fourth-order valence-corrected chi connectivity index (χ4v) is 1.87. The molecule has 0 aliphatic heterocycles. The third-order valence-electron chi connectivity index (χ3n) is 2.44. The summed E-state index contributed by atoms with van der Waals surface area (Å²) < 4.78 is 24.6. The lowest BCUT2D eigenvalue weighted by molar-refractivity contribution is 0.302. The van der Waals surface area contributed by atoms with Crippen LogP contribution in [0.2, 0.25) is 0 Å². The molecule has 0 aromatic heterocycles. The number of methoxy groups -OCH3 is 1. The molecule has 0 aliphatic rings. The van der Waals surface area contributed by atoms with Crippen LogP contribution in [0, 0.1) is 5.82 Å². The van der Waals surface area contributed by atoms with Crippen LogP contribution in [0.5, 0.6) is 11.5 Å². The van der Waals surface area contributed by atoms with Crippen LogP contribution in [0.1, 0.15) is 5.56 Å². The van der Waals surface area contributed by atoms with Crippen LogP contribution in [0.15, 0.2) is 46.9 Å². The van der Waals surface area contributed by atoms with E-state index in [4.69, 9.17) is 9.47 Å². The molecule has 0 N–H and O–H groups in total. The lowest BCUT2D eigenvalue weighted by atomic mass is 10.2. The summed E-state index contributed by atoms with van der Waals surface area (Å²) in [5.41, 5.74) is 0.762. The highest BCUT2D eigenvalue weighted by Crippen LogP contribution is 2.23. The van der Waals surface area contributed by atoms with Crippen molar-refractivity contribution in [3.8, 4) is 11.5 Å². The predicted molar refractivity (Wildman–Crippen MR) is 71.4 cm³/mol. The summed E-state index contributed by atoms with van der Waals surface area (Å²) in [6.07, 6.45) is 0. The first kappa shape index (κ1) is 12.9. The maximum Gasteiger partial charge on any atom is 0.123 e. The summed E-state index contributed by atoms with van der Waals surface area (Å²) in [7, 11) is 1.60. The Bertz CT molecular complexity index is 543. The van der Waals surface area contributed by atoms with E-state index < -0.39 is 0 Å². The van der Waals surface area contributed by atoms with Gasteiger partial charge in [-0.25, -0.2) is 4.39 Å². The molecule has 4 heteroatoms. The number of hydrogen-bond donors (Lipinski definition) is 0. The highest BCUT2D eigenvalue weighted by molar-refractivity contribution is 9.10. The molecule has 94 valence electrons. The van der Waals surface area contributed by atoms with Gasteiger partial charge in [0.2, 0.25) is 0 Å². The van der Waals surface area contributed by atoms with Gasteiger partial charge >= 0.3 is 0 Å². The van der Waals surface area contributed by atoms with E-state index in [0.717, 1.165) is 15.8 Å². The highest BCUT2D eigenvalue weighted by Gasteiger charge is 2.03. The lowest BCUT2D eigenvalue weighted by Crippen LogP contribution is -1.97. The van der Waals surface area contributed by atoms with Crippen molar-refractivity contribution in [1.29, 1.82) is 0 Å². The molecule has 2 nitrogen and oxygen atoms in total. The third kappa shape index (κ3) is 3.23. The van der Waals surface area contributed by atoms with Gasteiger partial charge in [-0.1, -0.05) is 22.0 Å². The molecule has 18 heavy (non-hydrogen) atoms. The van der Waals surface area contributed by atoms with Crippen molar-refractivity contribution in [3.63, 3.8) is 0 Å². The highest BCUT2D eigenvalue weighted by atomic mass is 79.9. The van der Waals surface area contributed by atoms with Crippen molar-refractivity contribution >= 4 is 15.9 Å². The van der Waals surface area contributed by atoms with Crippen LogP contribution >= 0.6 is 15.9 Å². The smallest absolute Gasteiger partial charge is 0.123 e. The van der Waals surface area contributed by atoms with E-state index in [1.807, 2.05) is 18.2 Å². The molecule has 0 atom stereocenters. The van der Waals surface area contributed by atoms with Crippen molar-refractivity contribution in [2.45, 2.75) is 6.61 Å². The van der Waals surface area contributed by atoms with Crippen LogP contribution < -0.4 is 9.47 Å². The summed E-state index contributed by atoms with van der Waals surface area (Å²) in [5, 5.41) is 0. The molecule has 2 rings (SSSR count). The van der Waals surface area contributed by atoms with Crippen molar-refractivity contribution in [1.82, 2.24) is 0 Å². The van der Waals surface area contributed by atoms with Gasteiger partial charge in [0.1, 0.15) is 23.9 Å². The quantitative estimate of drug-likeness (QED) is 0.843. The Labute approximate surface area is 113 Å². The average Bonchev–Trinajstić information content (AvgIpc) is 2.40. The van der Waals surface area contributed by atoms with Crippen molar-refractivity contribution in [3.05, 3.63) is 58.3 Å². The molecule has 0 aliphatic carbocycles. The SMILES string of the molecule is COc1cccc(OCc2cc(F)ccc2Br)c1. The predicted octanol–water partition coefficient (Wildman–Crippen LogP) is 4.18. The van der Waals surface area contributed by atoms with Gasteiger partial charge in [-0.05, 0) is 30.3 Å². The Kier molecular flexibility index (Phi) is 4.20. The normalized spacial score (nSPS) is 10.2. The molecule has 0 unspecified atom stereocenters. The Morgan fingerprint density at radius 3 is 2.67 bits per heavy atom. The van der Waals surface area contributed by atoms with Crippen LogP contribution in [0.25, 0.3) is 0 Å². The standard InChI is InChI=1S/C14H12BrFO2/c1-17-12-3-2-4-13(8-12)18-9-10-7-11(16)5-6-14(10)15/h2-8H,9H2,1H3. The van der Waals surface area contributed by atoms with E-state index in [0.29, 0.717) is 12.4 Å². The van der Waals surface area contributed by atoms with E-state index in [1.165, 1.54) is 12.1 Å². The summed E-state index contributed by atoms with van der Waals surface area (Å²) in [4.78, 5) is 0. The zero-order valence-corrected chi connectivity index (χ0v) is 11.4. The number of halogens is 2. The molecule has 0 spiro atoms. The summed E-state index contributed by atoms with van der Waals surface area (Å²) in [5.74, 6) is 1.14. The Balaban J connectivity index is 2.08. The molecule has 2 aromatic rings. The fourth-order valence-electron chi connectivity index (χ4n) is 1.51. The monoisotopic (exact) mass is 310 g/mol. The molecule has 0 saturated carbocycles. The van der Waals surface area contributed by atoms with E-state index in [1.54, 1.807) is 19.2 Å². The Morgan fingerprint density at radius 2 is 1.89 bits per heavy atom. The summed E-state index contributed by atoms with van der Waals surface area (Å²) in [6, 6.07) is 11.8. The van der Waals surface area contributed by atoms with Gasteiger partial charge in [-0.15, -0.1) is 0 Å². The van der Waals surface area contributed by atoms with E-state index in [9.17, 15) is 4.39 Å². The minimum atomic E-state index is -0.276. The molecule has 0 heterocycles. The third-order valence-corrected chi connectivity index (χ3v) is 3.22. The number of rotatable bonds is 4. The number of benzene rings is 2. The minimum Gasteiger partial charge on any atom is -0.497 e. The van der Waals surface area contributed by atoms with E-state index in [-0.39, 0.29) is 5.82 Å². The molecule has 0 radical (unpaired) electrons. The van der Waals surface area contributed by atoms with Crippen molar-refractivity contribution in [2.75, 3.05) is 7.11 Å².